The van der Waals surface area contributed by atoms with Gasteiger partial charge in [0.2, 0.25) is 10.0 Å². The number of aliphatic hydroxyl groups excluding tert-OH is 1. The lowest BCUT2D eigenvalue weighted by Crippen LogP contribution is -2.27. The fraction of sp³-hybridized carbons (Fsp3) is 0.385. The first-order valence-electron chi connectivity index (χ1n) is 5.98. The van der Waals surface area contributed by atoms with Crippen LogP contribution < -0.4 is 4.72 Å². The average Bonchev–Trinajstić information content (AvgIpc) is 2.41. The number of hydrogen-bond donors (Lipinski definition) is 2. The zero-order chi connectivity index (χ0) is 15.0. The molecule has 0 saturated heterocycles. The summed E-state index contributed by atoms with van der Waals surface area (Å²) in [5, 5.41) is 8.68. The molecule has 0 atom stereocenters. The summed E-state index contributed by atoms with van der Waals surface area (Å²) in [6, 6.07) is 4.36. The van der Waals surface area contributed by atoms with E-state index < -0.39 is 10.0 Å². The van der Waals surface area contributed by atoms with Crippen LogP contribution in [-0.4, -0.2) is 39.9 Å². The topological polar surface area (TPSA) is 75.6 Å². The van der Waals surface area contributed by atoms with Crippen molar-refractivity contribution in [2.45, 2.75) is 11.8 Å². The first-order chi connectivity index (χ1) is 9.51. The Morgan fingerprint density at radius 2 is 2.20 bits per heavy atom. The predicted octanol–water partition coefficient (Wildman–Crippen LogP) is 0.999. The Balaban J connectivity index is 2.85. The molecule has 0 aliphatic rings. The van der Waals surface area contributed by atoms with E-state index in [1.807, 2.05) is 6.92 Å². The highest BCUT2D eigenvalue weighted by Gasteiger charge is 2.17. The van der Waals surface area contributed by atoms with Crippen molar-refractivity contribution in [3.05, 3.63) is 28.8 Å². The van der Waals surface area contributed by atoms with E-state index in [-0.39, 0.29) is 23.1 Å². The molecule has 110 valence electrons. The molecule has 0 amide bonds. The smallest absolute Gasteiger partial charge is 0.242 e. The summed E-state index contributed by atoms with van der Waals surface area (Å²) in [6.45, 7) is 2.57. The maximum Gasteiger partial charge on any atom is 0.242 e. The van der Waals surface area contributed by atoms with Crippen molar-refractivity contribution in [2.75, 3.05) is 26.4 Å². The quantitative estimate of drug-likeness (QED) is 0.606. The van der Waals surface area contributed by atoms with Crippen LogP contribution in [-0.2, 0) is 14.8 Å². The molecular formula is C13H16ClNO4S. The lowest BCUT2D eigenvalue weighted by atomic mass is 10.2. The SMILES string of the molecule is CCOCCNS(=O)(=O)c1ccc(C#CCO)cc1Cl. The number of hydrogen-bond acceptors (Lipinski definition) is 4. The number of aliphatic hydroxyl groups is 1. The van der Waals surface area contributed by atoms with Gasteiger partial charge in [-0.1, -0.05) is 23.4 Å². The minimum Gasteiger partial charge on any atom is -0.384 e. The van der Waals surface area contributed by atoms with Gasteiger partial charge in [-0.25, -0.2) is 13.1 Å². The molecule has 1 rings (SSSR count). The van der Waals surface area contributed by atoms with Gasteiger partial charge in [-0.2, -0.15) is 0 Å². The van der Waals surface area contributed by atoms with E-state index in [4.69, 9.17) is 21.4 Å². The number of rotatable bonds is 6. The van der Waals surface area contributed by atoms with Crippen molar-refractivity contribution < 1.29 is 18.3 Å². The molecule has 0 aliphatic carbocycles. The van der Waals surface area contributed by atoms with Crippen LogP contribution in [0.25, 0.3) is 0 Å². The maximum absolute atomic E-state index is 12.0. The summed E-state index contributed by atoms with van der Waals surface area (Å²) in [5.74, 6) is 5.12. The van der Waals surface area contributed by atoms with Crippen molar-refractivity contribution in [3.63, 3.8) is 0 Å². The largest absolute Gasteiger partial charge is 0.384 e. The Hall–Kier alpha value is -1.10. The molecule has 0 aromatic heterocycles. The molecular weight excluding hydrogens is 302 g/mol. The predicted molar refractivity (Wildman–Crippen MR) is 77.1 cm³/mol. The zero-order valence-electron chi connectivity index (χ0n) is 11.0. The standard InChI is InChI=1S/C13H16ClNO4S/c1-2-19-9-7-15-20(17,18)13-6-5-11(4-3-8-16)10-12(13)14/h5-6,10,15-16H,2,7-9H2,1H3. The Morgan fingerprint density at radius 1 is 1.45 bits per heavy atom. The van der Waals surface area contributed by atoms with Crippen LogP contribution in [0.1, 0.15) is 12.5 Å². The number of nitrogens with one attached hydrogen (secondary N) is 1. The monoisotopic (exact) mass is 317 g/mol. The van der Waals surface area contributed by atoms with Crippen molar-refractivity contribution in [2.24, 2.45) is 0 Å². The van der Waals surface area contributed by atoms with Crippen LogP contribution in [0.5, 0.6) is 0 Å². The third-order valence-electron chi connectivity index (χ3n) is 2.28. The van der Waals surface area contributed by atoms with Gasteiger partial charge in [-0.15, -0.1) is 0 Å². The van der Waals surface area contributed by atoms with Gasteiger partial charge in [0.25, 0.3) is 0 Å². The lowest BCUT2D eigenvalue weighted by molar-refractivity contribution is 0.153. The fourth-order valence-corrected chi connectivity index (χ4v) is 2.96. The van der Waals surface area contributed by atoms with E-state index in [2.05, 4.69) is 16.6 Å². The highest BCUT2D eigenvalue weighted by atomic mass is 35.5. The number of ether oxygens (including phenoxy) is 1. The van der Waals surface area contributed by atoms with Crippen LogP contribution >= 0.6 is 11.6 Å². The molecule has 0 heterocycles. The molecule has 0 unspecified atom stereocenters. The van der Waals surface area contributed by atoms with Crippen molar-refractivity contribution in [1.29, 1.82) is 0 Å². The average molecular weight is 318 g/mol. The second kappa shape index (κ2) is 8.25. The van der Waals surface area contributed by atoms with Crippen LogP contribution in [0.2, 0.25) is 5.02 Å². The minimum atomic E-state index is -3.67. The summed E-state index contributed by atoms with van der Waals surface area (Å²) in [5.41, 5.74) is 0.539. The minimum absolute atomic E-state index is 0.00906. The van der Waals surface area contributed by atoms with Crippen LogP contribution in [0.4, 0.5) is 0 Å². The molecule has 7 heteroatoms. The highest BCUT2D eigenvalue weighted by Crippen LogP contribution is 2.22. The molecule has 0 fully saturated rings. The van der Waals surface area contributed by atoms with E-state index in [0.717, 1.165) is 0 Å². The van der Waals surface area contributed by atoms with Crippen molar-refractivity contribution in [1.82, 2.24) is 4.72 Å². The summed E-state index contributed by atoms with van der Waals surface area (Å²) in [7, 11) is -3.67. The molecule has 1 aromatic carbocycles. The van der Waals surface area contributed by atoms with E-state index in [1.54, 1.807) is 0 Å². The molecule has 0 spiro atoms. The number of benzene rings is 1. The van der Waals surface area contributed by atoms with Gasteiger partial charge >= 0.3 is 0 Å². The maximum atomic E-state index is 12.0. The summed E-state index contributed by atoms with van der Waals surface area (Å²) < 4.78 is 31.5. The van der Waals surface area contributed by atoms with Crippen LogP contribution in [0.3, 0.4) is 0 Å². The van der Waals surface area contributed by atoms with Crippen molar-refractivity contribution in [3.8, 4) is 11.8 Å². The first kappa shape index (κ1) is 17.0. The van der Waals surface area contributed by atoms with E-state index >= 15 is 0 Å². The summed E-state index contributed by atoms with van der Waals surface area (Å²) >= 11 is 5.95. The molecule has 0 bridgehead atoms. The molecule has 2 N–H and O–H groups in total. The van der Waals surface area contributed by atoms with Crippen LogP contribution in [0.15, 0.2) is 23.1 Å². The molecule has 20 heavy (non-hydrogen) atoms. The summed E-state index contributed by atoms with van der Waals surface area (Å²) in [4.78, 5) is -0.00906. The molecule has 0 saturated carbocycles. The summed E-state index contributed by atoms with van der Waals surface area (Å²) in [6.07, 6.45) is 0. The molecule has 0 radical (unpaired) electrons. The Labute approximate surface area is 124 Å². The van der Waals surface area contributed by atoms with Crippen molar-refractivity contribution >= 4 is 21.6 Å². The lowest BCUT2D eigenvalue weighted by Gasteiger charge is -2.08. The van der Waals surface area contributed by atoms with E-state index in [9.17, 15) is 8.42 Å². The van der Waals surface area contributed by atoms with Gasteiger partial charge in [0.15, 0.2) is 0 Å². The number of sulfonamides is 1. The highest BCUT2D eigenvalue weighted by molar-refractivity contribution is 7.89. The second-order valence-corrected chi connectivity index (χ2v) is 5.84. The zero-order valence-corrected chi connectivity index (χ0v) is 12.6. The number of halogens is 1. The Bertz CT molecular complexity index is 605. The second-order valence-electron chi connectivity index (χ2n) is 3.70. The van der Waals surface area contributed by atoms with Gasteiger partial charge in [-0.3, -0.25) is 0 Å². The normalized spacial score (nSPS) is 10.9. The third kappa shape index (κ3) is 5.12. The Kier molecular flexibility index (Phi) is 6.99. The van der Waals surface area contributed by atoms with E-state index in [1.165, 1.54) is 18.2 Å². The molecule has 1 aromatic rings. The molecule has 5 nitrogen and oxygen atoms in total. The van der Waals surface area contributed by atoms with E-state index in [0.29, 0.717) is 18.8 Å². The first-order valence-corrected chi connectivity index (χ1v) is 7.84. The van der Waals surface area contributed by atoms with Gasteiger partial charge in [0.05, 0.1) is 11.6 Å². The van der Waals surface area contributed by atoms with Crippen LogP contribution in [0, 0.1) is 11.8 Å². The van der Waals surface area contributed by atoms with Gasteiger partial charge in [0.1, 0.15) is 11.5 Å². The van der Waals surface area contributed by atoms with Gasteiger partial charge in [0, 0.05) is 18.7 Å². The Morgan fingerprint density at radius 3 is 2.80 bits per heavy atom. The third-order valence-corrected chi connectivity index (χ3v) is 4.22. The van der Waals surface area contributed by atoms with Gasteiger partial charge < -0.3 is 9.84 Å². The molecule has 0 aliphatic heterocycles. The fourth-order valence-electron chi connectivity index (χ4n) is 1.41. The van der Waals surface area contributed by atoms with Gasteiger partial charge in [-0.05, 0) is 25.1 Å².